The predicted molar refractivity (Wildman–Crippen MR) is 127 cm³/mol. The van der Waals surface area contributed by atoms with Crippen LogP contribution < -0.4 is 0 Å². The lowest BCUT2D eigenvalue weighted by atomic mass is 10.1. The number of aldehydes is 1. The van der Waals surface area contributed by atoms with Gasteiger partial charge in [0.05, 0.1) is 23.4 Å². The first-order valence-electron chi connectivity index (χ1n) is 11.0. The van der Waals surface area contributed by atoms with E-state index >= 15 is 0 Å². The molecule has 170 valence electrons. The van der Waals surface area contributed by atoms with Gasteiger partial charge in [-0.2, -0.15) is 5.10 Å². The number of hydrogen-bond acceptors (Lipinski definition) is 5. The molecule has 7 nitrogen and oxygen atoms in total. The van der Waals surface area contributed by atoms with Crippen LogP contribution in [0.3, 0.4) is 0 Å². The number of rotatable bonds is 9. The van der Waals surface area contributed by atoms with Crippen molar-refractivity contribution < 1.29 is 14.3 Å². The van der Waals surface area contributed by atoms with E-state index in [0.717, 1.165) is 47.8 Å². The molecule has 0 aliphatic rings. The van der Waals surface area contributed by atoms with Gasteiger partial charge in [-0.25, -0.2) is 14.5 Å². The Hall–Kier alpha value is -3.45. The number of hydrogen-bond donors (Lipinski definition) is 0. The zero-order chi connectivity index (χ0) is 23.4. The van der Waals surface area contributed by atoms with Crippen LogP contribution in [0.1, 0.15) is 58.9 Å². The lowest BCUT2D eigenvalue weighted by Gasteiger charge is -2.09. The fourth-order valence-corrected chi connectivity index (χ4v) is 4.07. The Bertz CT molecular complexity index is 1310. The second kappa shape index (κ2) is 10.0. The van der Waals surface area contributed by atoms with Crippen LogP contribution in [-0.2, 0) is 17.7 Å². The standard InChI is InChI=1S/C25H25ClN4O3/c1-3-5-10-23-27-24(26)22(16-31)29(23)14-17-11-12-20-18(13-17)15-30(28-20)21-9-7-6-8-19(21)25(32)33-4-2/h6-9,11-13,15-16H,3-5,10,14H2,1-2H3. The van der Waals surface area contributed by atoms with E-state index in [0.29, 0.717) is 30.1 Å². The van der Waals surface area contributed by atoms with Crippen LogP contribution in [-0.4, -0.2) is 38.2 Å². The number of carbonyl (C=O) groups is 2. The van der Waals surface area contributed by atoms with Crippen molar-refractivity contribution in [1.29, 1.82) is 0 Å². The maximum atomic E-state index is 12.4. The number of aromatic nitrogens is 4. The SMILES string of the molecule is CCCCc1nc(Cl)c(C=O)n1Cc1ccc2nn(-c3ccccc3C(=O)OCC)cc2c1. The van der Waals surface area contributed by atoms with Gasteiger partial charge < -0.3 is 9.30 Å². The Balaban J connectivity index is 1.69. The molecule has 0 aliphatic heterocycles. The quantitative estimate of drug-likeness (QED) is 0.249. The minimum Gasteiger partial charge on any atom is -0.462 e. The van der Waals surface area contributed by atoms with Crippen molar-refractivity contribution in [3.05, 3.63) is 76.5 Å². The number of esters is 1. The first-order valence-corrected chi connectivity index (χ1v) is 11.4. The summed E-state index contributed by atoms with van der Waals surface area (Å²) in [5, 5.41) is 5.80. The first kappa shape index (κ1) is 22.7. The number of halogens is 1. The molecule has 8 heteroatoms. The Morgan fingerprint density at radius 1 is 1.18 bits per heavy atom. The molecule has 0 fully saturated rings. The molecule has 2 heterocycles. The zero-order valence-electron chi connectivity index (χ0n) is 18.6. The van der Waals surface area contributed by atoms with E-state index in [9.17, 15) is 9.59 Å². The van der Waals surface area contributed by atoms with Crippen molar-refractivity contribution in [3.63, 3.8) is 0 Å². The van der Waals surface area contributed by atoms with Gasteiger partial charge in [0, 0.05) is 24.5 Å². The number of unbranched alkanes of at least 4 members (excludes halogenated alkanes) is 1. The molecule has 2 aromatic heterocycles. The number of ether oxygens (including phenoxy) is 1. The van der Waals surface area contributed by atoms with E-state index in [1.807, 2.05) is 41.1 Å². The van der Waals surface area contributed by atoms with Gasteiger partial charge in [0.15, 0.2) is 11.4 Å². The molecule has 0 bridgehead atoms. The predicted octanol–water partition coefficient (Wildman–Crippen LogP) is 5.26. The summed E-state index contributed by atoms with van der Waals surface area (Å²) in [6.07, 6.45) is 5.40. The van der Waals surface area contributed by atoms with E-state index in [4.69, 9.17) is 16.3 Å². The van der Waals surface area contributed by atoms with Crippen LogP contribution in [0.15, 0.2) is 48.7 Å². The molecular formula is C25H25ClN4O3. The zero-order valence-corrected chi connectivity index (χ0v) is 19.4. The highest BCUT2D eigenvalue weighted by Crippen LogP contribution is 2.23. The van der Waals surface area contributed by atoms with E-state index < -0.39 is 0 Å². The van der Waals surface area contributed by atoms with Crippen molar-refractivity contribution in [2.24, 2.45) is 0 Å². The van der Waals surface area contributed by atoms with Crippen molar-refractivity contribution in [3.8, 4) is 5.69 Å². The lowest BCUT2D eigenvalue weighted by Crippen LogP contribution is -2.09. The maximum absolute atomic E-state index is 12.4. The molecule has 0 radical (unpaired) electrons. The molecule has 0 saturated carbocycles. The number of benzene rings is 2. The highest BCUT2D eigenvalue weighted by atomic mass is 35.5. The molecule has 0 spiro atoms. The normalized spacial score (nSPS) is 11.1. The summed E-state index contributed by atoms with van der Waals surface area (Å²) in [5.74, 6) is 0.425. The largest absolute Gasteiger partial charge is 0.462 e. The van der Waals surface area contributed by atoms with E-state index in [1.54, 1.807) is 23.7 Å². The minimum absolute atomic E-state index is 0.237. The topological polar surface area (TPSA) is 79.0 Å². The van der Waals surface area contributed by atoms with Crippen LogP contribution >= 0.6 is 11.6 Å². The summed E-state index contributed by atoms with van der Waals surface area (Å²) < 4.78 is 8.76. The molecular weight excluding hydrogens is 440 g/mol. The molecule has 0 N–H and O–H groups in total. The molecule has 0 unspecified atom stereocenters. The molecule has 4 rings (SSSR count). The van der Waals surface area contributed by atoms with Crippen LogP contribution in [0, 0.1) is 0 Å². The Labute approximate surface area is 196 Å². The Morgan fingerprint density at radius 2 is 2.00 bits per heavy atom. The summed E-state index contributed by atoms with van der Waals surface area (Å²) in [4.78, 5) is 28.4. The first-order chi connectivity index (χ1) is 16.0. The van der Waals surface area contributed by atoms with Gasteiger partial charge in [0.1, 0.15) is 11.5 Å². The average molecular weight is 465 g/mol. The highest BCUT2D eigenvalue weighted by molar-refractivity contribution is 6.31. The number of nitrogens with zero attached hydrogens (tertiary/aromatic N) is 4. The van der Waals surface area contributed by atoms with Crippen molar-refractivity contribution >= 4 is 34.8 Å². The number of imidazole rings is 1. The van der Waals surface area contributed by atoms with Crippen LogP contribution in [0.25, 0.3) is 16.6 Å². The van der Waals surface area contributed by atoms with Gasteiger partial charge in [-0.1, -0.05) is 43.1 Å². The van der Waals surface area contributed by atoms with Crippen molar-refractivity contribution in [2.45, 2.75) is 39.7 Å². The van der Waals surface area contributed by atoms with Gasteiger partial charge in [-0.15, -0.1) is 0 Å². The molecule has 0 saturated heterocycles. The second-order valence-electron chi connectivity index (χ2n) is 7.72. The lowest BCUT2D eigenvalue weighted by molar-refractivity contribution is 0.0526. The van der Waals surface area contributed by atoms with Gasteiger partial charge in [0.2, 0.25) is 0 Å². The number of fused-ring (bicyclic) bond motifs is 1. The van der Waals surface area contributed by atoms with Crippen LogP contribution in [0.5, 0.6) is 0 Å². The molecule has 33 heavy (non-hydrogen) atoms. The molecule has 2 aromatic carbocycles. The maximum Gasteiger partial charge on any atom is 0.340 e. The van der Waals surface area contributed by atoms with Crippen molar-refractivity contribution in [1.82, 2.24) is 19.3 Å². The minimum atomic E-state index is -0.383. The molecule has 4 aromatic rings. The Morgan fingerprint density at radius 3 is 2.76 bits per heavy atom. The number of para-hydroxylation sites is 1. The van der Waals surface area contributed by atoms with E-state index in [-0.39, 0.29) is 11.1 Å². The third-order valence-corrected chi connectivity index (χ3v) is 5.74. The number of carbonyl (C=O) groups excluding carboxylic acids is 2. The monoisotopic (exact) mass is 464 g/mol. The highest BCUT2D eigenvalue weighted by Gasteiger charge is 2.17. The van der Waals surface area contributed by atoms with E-state index in [2.05, 4.69) is 17.0 Å². The van der Waals surface area contributed by atoms with Crippen LogP contribution in [0.2, 0.25) is 5.15 Å². The fourth-order valence-electron chi connectivity index (χ4n) is 3.83. The van der Waals surface area contributed by atoms with Gasteiger partial charge in [-0.05, 0) is 43.2 Å². The third-order valence-electron chi connectivity index (χ3n) is 5.46. The second-order valence-corrected chi connectivity index (χ2v) is 8.07. The summed E-state index contributed by atoms with van der Waals surface area (Å²) in [7, 11) is 0. The molecule has 0 aliphatic carbocycles. The Kier molecular flexibility index (Phi) is 6.89. The summed E-state index contributed by atoms with van der Waals surface area (Å²) in [6, 6.07) is 13.2. The molecule has 0 amide bonds. The number of aryl methyl sites for hydroxylation is 1. The smallest absolute Gasteiger partial charge is 0.340 e. The third kappa shape index (κ3) is 4.68. The average Bonchev–Trinajstić information content (AvgIpc) is 3.37. The summed E-state index contributed by atoms with van der Waals surface area (Å²) in [6.45, 7) is 4.68. The van der Waals surface area contributed by atoms with Crippen LogP contribution in [0.4, 0.5) is 0 Å². The van der Waals surface area contributed by atoms with Gasteiger partial charge in [-0.3, -0.25) is 4.79 Å². The van der Waals surface area contributed by atoms with Gasteiger partial charge >= 0.3 is 5.97 Å². The molecule has 0 atom stereocenters. The van der Waals surface area contributed by atoms with Crippen molar-refractivity contribution in [2.75, 3.05) is 6.61 Å². The van der Waals surface area contributed by atoms with E-state index in [1.165, 1.54) is 0 Å². The summed E-state index contributed by atoms with van der Waals surface area (Å²) >= 11 is 6.21. The summed E-state index contributed by atoms with van der Waals surface area (Å²) in [5.41, 5.74) is 3.29. The van der Waals surface area contributed by atoms with Gasteiger partial charge in [0.25, 0.3) is 0 Å². The fraction of sp³-hybridized carbons (Fsp3) is 0.280.